The average Bonchev–Trinajstić information content (AvgIpc) is 2.75. The Morgan fingerprint density at radius 3 is 2.62 bits per heavy atom. The van der Waals surface area contributed by atoms with Crippen LogP contribution >= 0.6 is 23.2 Å². The summed E-state index contributed by atoms with van der Waals surface area (Å²) in [5.41, 5.74) is 1.73. The van der Waals surface area contributed by atoms with Crippen molar-refractivity contribution in [2.24, 2.45) is 0 Å². The predicted molar refractivity (Wildman–Crippen MR) is 93.4 cm³/mol. The zero-order valence-corrected chi connectivity index (χ0v) is 14.3. The Labute approximate surface area is 150 Å². The van der Waals surface area contributed by atoms with Gasteiger partial charge in [-0.05, 0) is 35.9 Å². The Morgan fingerprint density at radius 2 is 1.92 bits per heavy atom. The first-order chi connectivity index (χ1) is 11.6. The van der Waals surface area contributed by atoms with E-state index in [1.165, 1.54) is 0 Å². The molecule has 2 aromatic rings. The van der Waals surface area contributed by atoms with Crippen LogP contribution < -0.4 is 4.74 Å². The third-order valence-corrected chi connectivity index (χ3v) is 4.21. The molecular formula is C18H15Cl2NO3. The van der Waals surface area contributed by atoms with Crippen LogP contribution in [-0.2, 0) is 11.3 Å². The smallest absolute Gasteiger partial charge is 0.415 e. The zero-order valence-electron chi connectivity index (χ0n) is 12.7. The normalized spacial score (nSPS) is 16.6. The molecule has 0 fully saturated rings. The number of rotatable bonds is 2. The second kappa shape index (κ2) is 7.16. The number of fused-ring (bicyclic) bond motifs is 1. The lowest BCUT2D eigenvalue weighted by atomic mass is 10.1. The van der Waals surface area contributed by atoms with Crippen LogP contribution in [0, 0.1) is 0 Å². The Hall–Kier alpha value is -2.17. The van der Waals surface area contributed by atoms with Gasteiger partial charge in [-0.2, -0.15) is 0 Å². The Bertz CT molecular complexity index is 761. The van der Waals surface area contributed by atoms with Gasteiger partial charge in [-0.3, -0.25) is 4.90 Å². The summed E-state index contributed by atoms with van der Waals surface area (Å²) in [7, 11) is 0. The largest absolute Gasteiger partial charge is 0.484 e. The number of hydrogen-bond donors (Lipinski definition) is 0. The van der Waals surface area contributed by atoms with Gasteiger partial charge in [0.25, 0.3) is 0 Å². The summed E-state index contributed by atoms with van der Waals surface area (Å²) in [4.78, 5) is 13.8. The molecule has 6 heteroatoms. The van der Waals surface area contributed by atoms with Crippen molar-refractivity contribution in [2.75, 3.05) is 6.54 Å². The van der Waals surface area contributed by atoms with Crippen molar-refractivity contribution in [3.05, 3.63) is 76.5 Å². The fourth-order valence-electron chi connectivity index (χ4n) is 2.58. The number of carbonyl (C=O) groups is 1. The summed E-state index contributed by atoms with van der Waals surface area (Å²) in [5, 5.41) is 1.22. The summed E-state index contributed by atoms with van der Waals surface area (Å²) < 4.78 is 11.0. The highest BCUT2D eigenvalue weighted by Gasteiger charge is 2.28. The molecule has 24 heavy (non-hydrogen) atoms. The molecule has 1 atom stereocenters. The molecule has 1 unspecified atom stereocenters. The highest BCUT2D eigenvalue weighted by Crippen LogP contribution is 2.33. The van der Waals surface area contributed by atoms with E-state index in [1.807, 2.05) is 18.2 Å². The molecule has 0 saturated heterocycles. The maximum Gasteiger partial charge on any atom is 0.415 e. The van der Waals surface area contributed by atoms with Gasteiger partial charge in [0.1, 0.15) is 11.9 Å². The third-order valence-electron chi connectivity index (χ3n) is 3.72. The first-order valence-corrected chi connectivity index (χ1v) is 8.09. The number of carbonyl (C=O) groups excluding carboxylic acids is 1. The molecule has 1 aliphatic heterocycles. The molecule has 0 aromatic heterocycles. The molecule has 2 aromatic carbocycles. The van der Waals surface area contributed by atoms with Crippen LogP contribution in [-0.4, -0.2) is 17.5 Å². The van der Waals surface area contributed by atoms with Crippen molar-refractivity contribution in [3.8, 4) is 5.75 Å². The molecule has 1 aliphatic rings. The fourth-order valence-corrected chi connectivity index (χ4v) is 2.90. The van der Waals surface area contributed by atoms with Gasteiger partial charge in [0, 0.05) is 15.6 Å². The summed E-state index contributed by atoms with van der Waals surface area (Å²) in [6.45, 7) is 4.10. The second-order valence-electron chi connectivity index (χ2n) is 5.34. The SMILES string of the molecule is C=COC(=O)N1Cc2cc(Cl)ccc2OC(c2ccc(Cl)cc2)C1. The second-order valence-corrected chi connectivity index (χ2v) is 6.21. The molecule has 0 bridgehead atoms. The van der Waals surface area contributed by atoms with Crippen molar-refractivity contribution in [1.82, 2.24) is 4.90 Å². The number of hydrogen-bond acceptors (Lipinski definition) is 3. The Kier molecular flexibility index (Phi) is 4.97. The van der Waals surface area contributed by atoms with Crippen LogP contribution in [0.5, 0.6) is 5.75 Å². The summed E-state index contributed by atoms with van der Waals surface area (Å²) in [6.07, 6.45) is 0.284. The lowest BCUT2D eigenvalue weighted by Gasteiger charge is -2.23. The lowest BCUT2D eigenvalue weighted by molar-refractivity contribution is 0.111. The Morgan fingerprint density at radius 1 is 1.21 bits per heavy atom. The van der Waals surface area contributed by atoms with Crippen LogP contribution in [0.2, 0.25) is 10.0 Å². The molecule has 0 spiro atoms. The van der Waals surface area contributed by atoms with Gasteiger partial charge in [-0.15, -0.1) is 0 Å². The van der Waals surface area contributed by atoms with Gasteiger partial charge < -0.3 is 9.47 Å². The highest BCUT2D eigenvalue weighted by atomic mass is 35.5. The van der Waals surface area contributed by atoms with E-state index in [0.29, 0.717) is 28.9 Å². The predicted octanol–water partition coefficient (Wildman–Crippen LogP) is 5.21. The first-order valence-electron chi connectivity index (χ1n) is 7.34. The minimum atomic E-state index is -0.486. The third kappa shape index (κ3) is 3.66. The summed E-state index contributed by atoms with van der Waals surface area (Å²) >= 11 is 12.0. The maximum absolute atomic E-state index is 12.2. The monoisotopic (exact) mass is 363 g/mol. The minimum absolute atomic E-state index is 0.334. The van der Waals surface area contributed by atoms with E-state index in [1.54, 1.807) is 29.2 Å². The fraction of sp³-hybridized carbons (Fsp3) is 0.167. The van der Waals surface area contributed by atoms with Crippen LogP contribution in [0.4, 0.5) is 4.79 Å². The summed E-state index contributed by atoms with van der Waals surface area (Å²) in [6, 6.07) is 12.7. The lowest BCUT2D eigenvalue weighted by Crippen LogP contribution is -2.33. The number of halogens is 2. The summed E-state index contributed by atoms with van der Waals surface area (Å²) in [5.74, 6) is 0.688. The highest BCUT2D eigenvalue weighted by molar-refractivity contribution is 6.30. The Balaban J connectivity index is 1.97. The van der Waals surface area contributed by atoms with E-state index in [9.17, 15) is 4.79 Å². The minimum Gasteiger partial charge on any atom is -0.484 e. The van der Waals surface area contributed by atoms with Gasteiger partial charge >= 0.3 is 6.09 Å². The van der Waals surface area contributed by atoms with Crippen LogP contribution in [0.3, 0.4) is 0 Å². The molecule has 0 radical (unpaired) electrons. The van der Waals surface area contributed by atoms with Gasteiger partial charge in [0.15, 0.2) is 0 Å². The van der Waals surface area contributed by atoms with Gasteiger partial charge in [0.05, 0.1) is 19.4 Å². The topological polar surface area (TPSA) is 38.8 Å². The molecule has 0 aliphatic carbocycles. The van der Waals surface area contributed by atoms with Crippen LogP contribution in [0.15, 0.2) is 55.3 Å². The van der Waals surface area contributed by atoms with Crippen molar-refractivity contribution in [2.45, 2.75) is 12.6 Å². The van der Waals surface area contributed by atoms with E-state index in [-0.39, 0.29) is 6.10 Å². The molecular weight excluding hydrogens is 349 g/mol. The van der Waals surface area contributed by atoms with Crippen molar-refractivity contribution in [1.29, 1.82) is 0 Å². The quantitative estimate of drug-likeness (QED) is 0.687. The van der Waals surface area contributed by atoms with E-state index in [0.717, 1.165) is 17.4 Å². The molecule has 1 heterocycles. The van der Waals surface area contributed by atoms with Crippen molar-refractivity contribution >= 4 is 29.3 Å². The average molecular weight is 364 g/mol. The van der Waals surface area contributed by atoms with Crippen LogP contribution in [0.1, 0.15) is 17.2 Å². The van der Waals surface area contributed by atoms with E-state index in [4.69, 9.17) is 32.7 Å². The number of amides is 1. The molecule has 0 saturated carbocycles. The standard InChI is InChI=1S/C18H15Cl2NO3/c1-2-23-18(22)21-10-13-9-15(20)7-8-16(13)24-17(11-21)12-3-5-14(19)6-4-12/h2-9,17H,1,10-11H2. The molecule has 124 valence electrons. The first kappa shape index (κ1) is 16.7. The van der Waals surface area contributed by atoms with Gasteiger partial charge in [-0.1, -0.05) is 41.9 Å². The molecule has 4 nitrogen and oxygen atoms in total. The maximum atomic E-state index is 12.2. The van der Waals surface area contributed by atoms with Gasteiger partial charge in [0.2, 0.25) is 0 Å². The zero-order chi connectivity index (χ0) is 17.1. The number of benzene rings is 2. The molecule has 1 amide bonds. The van der Waals surface area contributed by atoms with E-state index >= 15 is 0 Å². The van der Waals surface area contributed by atoms with Gasteiger partial charge in [-0.25, -0.2) is 4.79 Å². The van der Waals surface area contributed by atoms with E-state index < -0.39 is 6.09 Å². The number of nitrogens with zero attached hydrogens (tertiary/aromatic N) is 1. The van der Waals surface area contributed by atoms with E-state index in [2.05, 4.69) is 6.58 Å². The number of ether oxygens (including phenoxy) is 2. The molecule has 3 rings (SSSR count). The van der Waals surface area contributed by atoms with Crippen LogP contribution in [0.25, 0.3) is 0 Å². The van der Waals surface area contributed by atoms with Crippen molar-refractivity contribution < 1.29 is 14.3 Å². The molecule has 0 N–H and O–H groups in total. The van der Waals surface area contributed by atoms with Crippen molar-refractivity contribution in [3.63, 3.8) is 0 Å².